The molecule has 2 aliphatic carbocycles. The van der Waals surface area contributed by atoms with E-state index in [1.807, 2.05) is 13.8 Å². The molecule has 0 aromatic heterocycles. The van der Waals surface area contributed by atoms with Crippen LogP contribution >= 0.6 is 0 Å². The summed E-state index contributed by atoms with van der Waals surface area (Å²) >= 11 is 0. The molecule has 1 aromatic rings. The second kappa shape index (κ2) is 8.03. The third kappa shape index (κ3) is 3.73. The van der Waals surface area contributed by atoms with Crippen molar-refractivity contribution in [1.82, 2.24) is 0 Å². The first-order valence-corrected chi connectivity index (χ1v) is 9.42. The van der Waals surface area contributed by atoms with E-state index in [-0.39, 0.29) is 6.10 Å². The van der Waals surface area contributed by atoms with Crippen molar-refractivity contribution in [2.24, 2.45) is 17.3 Å². The van der Waals surface area contributed by atoms with Gasteiger partial charge in [-0.2, -0.15) is 0 Å². The largest absolute Gasteiger partial charge is 0.480 e. The number of ether oxygens (including phenoxy) is 1. The van der Waals surface area contributed by atoms with Crippen LogP contribution in [-0.2, 0) is 14.3 Å². The van der Waals surface area contributed by atoms with Crippen LogP contribution in [0.15, 0.2) is 30.3 Å². The molecule has 1 aromatic carbocycles. The lowest BCUT2D eigenvalue weighted by Gasteiger charge is -2.49. The van der Waals surface area contributed by atoms with E-state index in [0.717, 1.165) is 12.8 Å². The standard InChI is InChI=1S/C19H24O4.C2H6/c1-12-8-9-19(12)11-15(10-13(19)2)23-18(22)16(17(20)21)14-6-4-3-5-7-14;1-2/h3-7,12-13,15-16H,8-11H2,1-2H3,(H,20,21);1-2H3. The fourth-order valence-corrected chi connectivity index (χ4v) is 4.52. The molecule has 1 N–H and O–H groups in total. The van der Waals surface area contributed by atoms with Crippen molar-refractivity contribution in [1.29, 1.82) is 0 Å². The Hall–Kier alpha value is -1.84. The highest BCUT2D eigenvalue weighted by atomic mass is 16.5. The van der Waals surface area contributed by atoms with Crippen LogP contribution in [0.1, 0.15) is 64.9 Å². The number of carboxylic acid groups (broad SMARTS) is 1. The van der Waals surface area contributed by atoms with Gasteiger partial charge in [0.1, 0.15) is 6.10 Å². The molecule has 0 heterocycles. The summed E-state index contributed by atoms with van der Waals surface area (Å²) in [6.45, 7) is 8.50. The highest BCUT2D eigenvalue weighted by Gasteiger charge is 2.54. The highest BCUT2D eigenvalue weighted by molar-refractivity contribution is 6.00. The Balaban J connectivity index is 0.00000109. The van der Waals surface area contributed by atoms with Gasteiger partial charge in [-0.25, -0.2) is 0 Å². The van der Waals surface area contributed by atoms with Crippen molar-refractivity contribution in [3.05, 3.63) is 35.9 Å². The number of hydrogen-bond donors (Lipinski definition) is 1. The molecule has 0 amide bonds. The van der Waals surface area contributed by atoms with E-state index in [2.05, 4.69) is 13.8 Å². The summed E-state index contributed by atoms with van der Waals surface area (Å²) in [7, 11) is 0. The van der Waals surface area contributed by atoms with Gasteiger partial charge in [0.25, 0.3) is 0 Å². The number of carboxylic acids is 1. The summed E-state index contributed by atoms with van der Waals surface area (Å²) in [5.41, 5.74) is 0.777. The normalized spacial score (nSPS) is 31.4. The average molecular weight is 346 g/mol. The van der Waals surface area contributed by atoms with Crippen LogP contribution in [0.4, 0.5) is 0 Å². The molecule has 4 heteroatoms. The van der Waals surface area contributed by atoms with Crippen molar-refractivity contribution in [2.75, 3.05) is 0 Å². The third-order valence-electron chi connectivity index (χ3n) is 6.13. The molecule has 3 rings (SSSR count). The van der Waals surface area contributed by atoms with E-state index in [9.17, 15) is 14.7 Å². The minimum atomic E-state index is -1.23. The molecule has 25 heavy (non-hydrogen) atoms. The van der Waals surface area contributed by atoms with Gasteiger partial charge in [-0.1, -0.05) is 58.0 Å². The van der Waals surface area contributed by atoms with E-state index in [1.165, 1.54) is 12.8 Å². The van der Waals surface area contributed by atoms with Gasteiger partial charge in [0.15, 0.2) is 5.92 Å². The minimum Gasteiger partial charge on any atom is -0.480 e. The maximum atomic E-state index is 12.4. The Morgan fingerprint density at radius 1 is 1.16 bits per heavy atom. The molecule has 138 valence electrons. The minimum absolute atomic E-state index is 0.147. The Morgan fingerprint density at radius 2 is 1.80 bits per heavy atom. The van der Waals surface area contributed by atoms with Crippen molar-refractivity contribution in [2.45, 2.75) is 65.4 Å². The summed E-state index contributed by atoms with van der Waals surface area (Å²) in [6, 6.07) is 8.59. The van der Waals surface area contributed by atoms with Crippen LogP contribution in [0.25, 0.3) is 0 Å². The fourth-order valence-electron chi connectivity index (χ4n) is 4.52. The van der Waals surface area contributed by atoms with Gasteiger partial charge in [-0.05, 0) is 48.5 Å². The lowest BCUT2D eigenvalue weighted by Crippen LogP contribution is -2.41. The molecule has 0 aliphatic heterocycles. The molecule has 0 bridgehead atoms. The number of esters is 1. The molecule has 5 atom stereocenters. The predicted octanol–water partition coefficient (Wildman–Crippen LogP) is 4.64. The monoisotopic (exact) mass is 346 g/mol. The second-order valence-electron chi connectivity index (χ2n) is 7.25. The first-order chi connectivity index (χ1) is 11.9. The summed E-state index contributed by atoms with van der Waals surface area (Å²) in [5, 5.41) is 9.42. The average Bonchev–Trinajstić information content (AvgIpc) is 2.94. The van der Waals surface area contributed by atoms with Gasteiger partial charge in [-0.3, -0.25) is 9.59 Å². The summed E-state index contributed by atoms with van der Waals surface area (Å²) in [5.74, 6) is -1.82. The first kappa shape index (κ1) is 19.5. The van der Waals surface area contributed by atoms with Gasteiger partial charge in [0, 0.05) is 0 Å². The van der Waals surface area contributed by atoms with Crippen molar-refractivity contribution in [3.8, 4) is 0 Å². The zero-order valence-corrected chi connectivity index (χ0v) is 15.7. The molecular formula is C21H30O4. The van der Waals surface area contributed by atoms with E-state index >= 15 is 0 Å². The van der Waals surface area contributed by atoms with Gasteiger partial charge in [0.05, 0.1) is 0 Å². The Kier molecular flexibility index (Phi) is 6.26. The smallest absolute Gasteiger partial charge is 0.325 e. The van der Waals surface area contributed by atoms with Crippen LogP contribution in [-0.4, -0.2) is 23.1 Å². The molecule has 0 saturated heterocycles. The topological polar surface area (TPSA) is 63.6 Å². The van der Waals surface area contributed by atoms with Crippen molar-refractivity contribution in [3.63, 3.8) is 0 Å². The van der Waals surface area contributed by atoms with Crippen LogP contribution < -0.4 is 0 Å². The van der Waals surface area contributed by atoms with Crippen molar-refractivity contribution >= 4 is 11.9 Å². The van der Waals surface area contributed by atoms with Crippen LogP contribution in [0.3, 0.4) is 0 Å². The van der Waals surface area contributed by atoms with E-state index in [0.29, 0.717) is 22.8 Å². The molecule has 1 spiro atoms. The number of rotatable bonds is 4. The lowest BCUT2D eigenvalue weighted by molar-refractivity contribution is -0.158. The molecule has 5 unspecified atom stereocenters. The van der Waals surface area contributed by atoms with Gasteiger partial charge >= 0.3 is 11.9 Å². The SMILES string of the molecule is CC.CC1CCC12CC(OC(=O)C(C(=O)O)c1ccccc1)CC2C. The highest BCUT2D eigenvalue weighted by Crippen LogP contribution is 2.60. The summed E-state index contributed by atoms with van der Waals surface area (Å²) in [4.78, 5) is 24.0. The number of carbonyl (C=O) groups excluding carboxylic acids is 1. The summed E-state index contributed by atoms with van der Waals surface area (Å²) < 4.78 is 5.62. The van der Waals surface area contributed by atoms with E-state index in [1.54, 1.807) is 30.3 Å². The molecule has 2 fully saturated rings. The van der Waals surface area contributed by atoms with E-state index in [4.69, 9.17) is 4.74 Å². The zero-order chi connectivity index (χ0) is 18.6. The Bertz CT molecular complexity index is 597. The molecule has 2 aliphatic rings. The second-order valence-corrected chi connectivity index (χ2v) is 7.25. The fraction of sp³-hybridized carbons (Fsp3) is 0.619. The quantitative estimate of drug-likeness (QED) is 0.637. The van der Waals surface area contributed by atoms with E-state index < -0.39 is 17.9 Å². The van der Waals surface area contributed by atoms with Crippen LogP contribution in [0.5, 0.6) is 0 Å². The number of aliphatic carboxylic acids is 1. The lowest BCUT2D eigenvalue weighted by atomic mass is 9.56. The molecule has 4 nitrogen and oxygen atoms in total. The van der Waals surface area contributed by atoms with Crippen molar-refractivity contribution < 1.29 is 19.4 Å². The predicted molar refractivity (Wildman–Crippen MR) is 97.3 cm³/mol. The molecule has 2 saturated carbocycles. The Morgan fingerprint density at radius 3 is 2.24 bits per heavy atom. The summed E-state index contributed by atoms with van der Waals surface area (Å²) in [6.07, 6.45) is 4.02. The number of hydrogen-bond acceptors (Lipinski definition) is 3. The maximum absolute atomic E-state index is 12.4. The third-order valence-corrected chi connectivity index (χ3v) is 6.13. The van der Waals surface area contributed by atoms with Crippen LogP contribution in [0, 0.1) is 17.3 Å². The number of carbonyl (C=O) groups is 2. The molecular weight excluding hydrogens is 316 g/mol. The van der Waals surface area contributed by atoms with Gasteiger partial charge in [0.2, 0.25) is 0 Å². The first-order valence-electron chi connectivity index (χ1n) is 9.42. The van der Waals surface area contributed by atoms with Gasteiger partial charge < -0.3 is 9.84 Å². The zero-order valence-electron chi connectivity index (χ0n) is 15.7. The molecule has 0 radical (unpaired) electrons. The van der Waals surface area contributed by atoms with Gasteiger partial charge in [-0.15, -0.1) is 0 Å². The number of benzene rings is 1. The maximum Gasteiger partial charge on any atom is 0.325 e. The Labute approximate surface area is 150 Å². The van der Waals surface area contributed by atoms with Crippen LogP contribution in [0.2, 0.25) is 0 Å².